The Balaban J connectivity index is 2.13. The topological polar surface area (TPSA) is 51.2 Å². The van der Waals surface area contributed by atoms with E-state index in [2.05, 4.69) is 26.2 Å². The first-order chi connectivity index (χ1) is 9.60. The number of amides is 1. The van der Waals surface area contributed by atoms with E-state index < -0.39 is 0 Å². The summed E-state index contributed by atoms with van der Waals surface area (Å²) in [5, 5.41) is 3.12. The first-order valence-corrected chi connectivity index (χ1v) is 7.12. The van der Waals surface area contributed by atoms with Crippen molar-refractivity contribution in [2.45, 2.75) is 6.92 Å². The van der Waals surface area contributed by atoms with Crippen molar-refractivity contribution in [3.8, 4) is 5.75 Å². The lowest BCUT2D eigenvalue weighted by molar-refractivity contribution is 0.102. The van der Waals surface area contributed by atoms with Crippen molar-refractivity contribution in [1.29, 1.82) is 0 Å². The SMILES string of the molecule is CCOc1ccc(C(=O)Nc2ccc(Cl)nc2)cc1Br. The Hall–Kier alpha value is -1.59. The van der Waals surface area contributed by atoms with Crippen LogP contribution >= 0.6 is 27.5 Å². The molecule has 0 aliphatic heterocycles. The predicted molar refractivity (Wildman–Crippen MR) is 82.5 cm³/mol. The van der Waals surface area contributed by atoms with Gasteiger partial charge in [-0.05, 0) is 53.2 Å². The fourth-order valence-corrected chi connectivity index (χ4v) is 2.17. The van der Waals surface area contributed by atoms with Crippen LogP contribution < -0.4 is 10.1 Å². The number of halogens is 2. The summed E-state index contributed by atoms with van der Waals surface area (Å²) >= 11 is 9.07. The molecule has 0 aliphatic carbocycles. The molecule has 4 nitrogen and oxygen atoms in total. The molecule has 20 heavy (non-hydrogen) atoms. The third-order valence-electron chi connectivity index (χ3n) is 2.48. The van der Waals surface area contributed by atoms with Crippen LogP contribution in [0.25, 0.3) is 0 Å². The predicted octanol–water partition coefficient (Wildman–Crippen LogP) is 4.15. The summed E-state index contributed by atoms with van der Waals surface area (Å²) in [5.74, 6) is 0.482. The van der Waals surface area contributed by atoms with Gasteiger partial charge in [0.05, 0.1) is 23.0 Å². The minimum Gasteiger partial charge on any atom is -0.493 e. The normalized spacial score (nSPS) is 10.2. The zero-order valence-corrected chi connectivity index (χ0v) is 13.0. The van der Waals surface area contributed by atoms with Gasteiger partial charge in [-0.1, -0.05) is 11.6 Å². The first kappa shape index (κ1) is 14.8. The van der Waals surface area contributed by atoms with Crippen molar-refractivity contribution < 1.29 is 9.53 Å². The van der Waals surface area contributed by atoms with Crippen LogP contribution in [0.2, 0.25) is 5.15 Å². The largest absolute Gasteiger partial charge is 0.493 e. The van der Waals surface area contributed by atoms with E-state index in [1.807, 2.05) is 6.92 Å². The molecule has 1 heterocycles. The van der Waals surface area contributed by atoms with Gasteiger partial charge in [-0.2, -0.15) is 0 Å². The Labute approximate surface area is 130 Å². The molecule has 1 N–H and O–H groups in total. The van der Waals surface area contributed by atoms with E-state index in [1.165, 1.54) is 6.20 Å². The lowest BCUT2D eigenvalue weighted by Gasteiger charge is -2.08. The molecule has 2 aromatic rings. The van der Waals surface area contributed by atoms with E-state index in [1.54, 1.807) is 30.3 Å². The number of hydrogen-bond donors (Lipinski definition) is 1. The van der Waals surface area contributed by atoms with Gasteiger partial charge in [0.1, 0.15) is 10.9 Å². The Morgan fingerprint density at radius 3 is 2.80 bits per heavy atom. The molecular formula is C14H12BrClN2O2. The second-order valence-corrected chi connectivity index (χ2v) is 5.14. The van der Waals surface area contributed by atoms with E-state index in [4.69, 9.17) is 16.3 Å². The van der Waals surface area contributed by atoms with Gasteiger partial charge in [0.15, 0.2) is 0 Å². The summed E-state index contributed by atoms with van der Waals surface area (Å²) in [7, 11) is 0. The van der Waals surface area contributed by atoms with Crippen LogP contribution in [0, 0.1) is 0 Å². The van der Waals surface area contributed by atoms with E-state index in [0.29, 0.717) is 28.8 Å². The number of ether oxygens (including phenoxy) is 1. The van der Waals surface area contributed by atoms with Gasteiger partial charge < -0.3 is 10.1 Å². The van der Waals surface area contributed by atoms with Crippen LogP contribution in [0.3, 0.4) is 0 Å². The first-order valence-electron chi connectivity index (χ1n) is 5.95. The van der Waals surface area contributed by atoms with Crippen molar-refractivity contribution in [1.82, 2.24) is 4.98 Å². The molecule has 104 valence electrons. The molecule has 0 saturated carbocycles. The maximum absolute atomic E-state index is 12.1. The molecular weight excluding hydrogens is 344 g/mol. The minimum atomic E-state index is -0.224. The maximum atomic E-state index is 12.1. The second-order valence-electron chi connectivity index (χ2n) is 3.90. The Bertz CT molecular complexity index is 617. The summed E-state index contributed by atoms with van der Waals surface area (Å²) < 4.78 is 6.14. The van der Waals surface area contributed by atoms with Gasteiger partial charge in [0.25, 0.3) is 5.91 Å². The highest BCUT2D eigenvalue weighted by Crippen LogP contribution is 2.26. The zero-order valence-electron chi connectivity index (χ0n) is 10.7. The van der Waals surface area contributed by atoms with Crippen molar-refractivity contribution >= 4 is 39.1 Å². The average molecular weight is 356 g/mol. The monoisotopic (exact) mass is 354 g/mol. The number of anilines is 1. The number of carbonyl (C=O) groups is 1. The molecule has 0 atom stereocenters. The van der Waals surface area contributed by atoms with E-state index >= 15 is 0 Å². The molecule has 1 aromatic heterocycles. The number of benzene rings is 1. The molecule has 1 aromatic carbocycles. The summed E-state index contributed by atoms with van der Waals surface area (Å²) in [5.41, 5.74) is 1.11. The number of pyridine rings is 1. The van der Waals surface area contributed by atoms with E-state index in [-0.39, 0.29) is 5.91 Å². The number of nitrogens with one attached hydrogen (secondary N) is 1. The quantitative estimate of drug-likeness (QED) is 0.838. The van der Waals surface area contributed by atoms with Gasteiger partial charge >= 0.3 is 0 Å². The summed E-state index contributed by atoms with van der Waals surface area (Å²) in [6, 6.07) is 8.48. The average Bonchev–Trinajstić information content (AvgIpc) is 2.44. The lowest BCUT2D eigenvalue weighted by atomic mass is 10.2. The Morgan fingerprint density at radius 2 is 2.20 bits per heavy atom. The number of rotatable bonds is 4. The number of nitrogens with zero attached hydrogens (tertiary/aromatic N) is 1. The van der Waals surface area contributed by atoms with Crippen molar-refractivity contribution in [3.05, 3.63) is 51.7 Å². The molecule has 0 fully saturated rings. The fraction of sp³-hybridized carbons (Fsp3) is 0.143. The molecule has 0 radical (unpaired) electrons. The molecule has 0 bridgehead atoms. The van der Waals surface area contributed by atoms with Crippen LogP contribution in [0.5, 0.6) is 5.75 Å². The lowest BCUT2D eigenvalue weighted by Crippen LogP contribution is -2.12. The summed E-state index contributed by atoms with van der Waals surface area (Å²) in [6.07, 6.45) is 1.50. The molecule has 0 saturated heterocycles. The second kappa shape index (κ2) is 6.72. The molecule has 2 rings (SSSR count). The number of hydrogen-bond acceptors (Lipinski definition) is 3. The molecule has 6 heteroatoms. The van der Waals surface area contributed by atoms with Crippen molar-refractivity contribution in [3.63, 3.8) is 0 Å². The summed E-state index contributed by atoms with van der Waals surface area (Å²) in [4.78, 5) is 16.0. The van der Waals surface area contributed by atoms with E-state index in [0.717, 1.165) is 4.47 Å². The highest BCUT2D eigenvalue weighted by Gasteiger charge is 2.09. The van der Waals surface area contributed by atoms with Gasteiger partial charge in [0, 0.05) is 5.56 Å². The number of carbonyl (C=O) groups excluding carboxylic acids is 1. The van der Waals surface area contributed by atoms with Crippen LogP contribution in [-0.4, -0.2) is 17.5 Å². The van der Waals surface area contributed by atoms with Crippen LogP contribution in [0.4, 0.5) is 5.69 Å². The third kappa shape index (κ3) is 3.71. The Kier molecular flexibility index (Phi) is 4.98. The highest BCUT2D eigenvalue weighted by molar-refractivity contribution is 9.10. The Morgan fingerprint density at radius 1 is 1.40 bits per heavy atom. The van der Waals surface area contributed by atoms with E-state index in [9.17, 15) is 4.79 Å². The smallest absolute Gasteiger partial charge is 0.255 e. The van der Waals surface area contributed by atoms with Crippen molar-refractivity contribution in [2.24, 2.45) is 0 Å². The standard InChI is InChI=1S/C14H12BrClN2O2/c1-2-20-12-5-3-9(7-11(12)15)14(19)18-10-4-6-13(16)17-8-10/h3-8H,2H2,1H3,(H,18,19). The van der Waals surface area contributed by atoms with Crippen LogP contribution in [0.1, 0.15) is 17.3 Å². The summed E-state index contributed by atoms with van der Waals surface area (Å²) in [6.45, 7) is 2.47. The number of aromatic nitrogens is 1. The van der Waals surface area contributed by atoms with Gasteiger partial charge in [-0.3, -0.25) is 4.79 Å². The zero-order chi connectivity index (χ0) is 14.5. The highest BCUT2D eigenvalue weighted by atomic mass is 79.9. The van der Waals surface area contributed by atoms with Gasteiger partial charge in [0.2, 0.25) is 0 Å². The fourth-order valence-electron chi connectivity index (χ4n) is 1.57. The molecule has 0 aliphatic rings. The van der Waals surface area contributed by atoms with Gasteiger partial charge in [-0.15, -0.1) is 0 Å². The molecule has 0 unspecified atom stereocenters. The van der Waals surface area contributed by atoms with Crippen LogP contribution in [-0.2, 0) is 0 Å². The minimum absolute atomic E-state index is 0.224. The van der Waals surface area contributed by atoms with Crippen LogP contribution in [0.15, 0.2) is 41.0 Å². The van der Waals surface area contributed by atoms with Gasteiger partial charge in [-0.25, -0.2) is 4.98 Å². The molecule has 0 spiro atoms. The van der Waals surface area contributed by atoms with Crippen molar-refractivity contribution in [2.75, 3.05) is 11.9 Å². The molecule has 1 amide bonds. The third-order valence-corrected chi connectivity index (χ3v) is 3.32. The maximum Gasteiger partial charge on any atom is 0.255 e.